The van der Waals surface area contributed by atoms with E-state index in [1.165, 1.54) is 14.9 Å². The fourth-order valence-electron chi connectivity index (χ4n) is 2.18. The molecule has 4 heteroatoms. The zero-order valence-corrected chi connectivity index (χ0v) is 13.7. The summed E-state index contributed by atoms with van der Waals surface area (Å²) in [6.45, 7) is 4.35. The Bertz CT molecular complexity index is 540. The number of benzene rings is 1. The fraction of sp³-hybridized carbons (Fsp3) is 0.333. The highest BCUT2D eigenvalue weighted by Crippen LogP contribution is 2.32. The van der Waals surface area contributed by atoms with Gasteiger partial charge in [-0.3, -0.25) is 0 Å². The number of ether oxygens (including phenoxy) is 1. The number of hydrogen-bond acceptors (Lipinski definition) is 3. The summed E-state index contributed by atoms with van der Waals surface area (Å²) in [4.78, 5) is 1.32. The van der Waals surface area contributed by atoms with Gasteiger partial charge in [0.15, 0.2) is 0 Å². The van der Waals surface area contributed by atoms with Crippen molar-refractivity contribution >= 4 is 27.3 Å². The molecule has 102 valence electrons. The molecule has 1 heterocycles. The minimum atomic E-state index is 0.236. The van der Waals surface area contributed by atoms with Gasteiger partial charge in [-0.15, -0.1) is 11.3 Å². The molecule has 2 atom stereocenters. The largest absolute Gasteiger partial charge is 0.496 e. The molecule has 0 aliphatic rings. The van der Waals surface area contributed by atoms with Gasteiger partial charge in [0, 0.05) is 27.0 Å². The quantitative estimate of drug-likeness (QED) is 0.833. The molecule has 0 saturated heterocycles. The highest BCUT2D eigenvalue weighted by molar-refractivity contribution is 9.10. The van der Waals surface area contributed by atoms with Crippen LogP contribution in [-0.2, 0) is 0 Å². The van der Waals surface area contributed by atoms with Gasteiger partial charge in [-0.05, 0) is 47.3 Å². The molecular weight excluding hydrogens is 322 g/mol. The summed E-state index contributed by atoms with van der Waals surface area (Å²) in [7, 11) is 1.71. The van der Waals surface area contributed by atoms with Crippen LogP contribution < -0.4 is 10.1 Å². The molecule has 1 N–H and O–H groups in total. The molecule has 2 unspecified atom stereocenters. The monoisotopic (exact) mass is 339 g/mol. The van der Waals surface area contributed by atoms with Gasteiger partial charge < -0.3 is 10.1 Å². The maximum absolute atomic E-state index is 5.42. The third kappa shape index (κ3) is 3.38. The Labute approximate surface area is 126 Å². The van der Waals surface area contributed by atoms with Crippen molar-refractivity contribution in [1.29, 1.82) is 0 Å². The highest BCUT2D eigenvalue weighted by atomic mass is 79.9. The molecule has 0 spiro atoms. The SMILES string of the molecule is COc1ccccc1C(C)NC(C)c1sccc1Br. The minimum Gasteiger partial charge on any atom is -0.496 e. The Morgan fingerprint density at radius 1 is 1.16 bits per heavy atom. The van der Waals surface area contributed by atoms with Gasteiger partial charge in [-0.1, -0.05) is 18.2 Å². The van der Waals surface area contributed by atoms with E-state index in [1.807, 2.05) is 18.2 Å². The van der Waals surface area contributed by atoms with Gasteiger partial charge in [0.25, 0.3) is 0 Å². The van der Waals surface area contributed by atoms with Crippen molar-refractivity contribution in [2.75, 3.05) is 7.11 Å². The average molecular weight is 340 g/mol. The first-order valence-corrected chi connectivity index (χ1v) is 7.92. The van der Waals surface area contributed by atoms with Crippen LogP contribution in [0.3, 0.4) is 0 Å². The van der Waals surface area contributed by atoms with Crippen LogP contribution in [-0.4, -0.2) is 7.11 Å². The molecule has 0 fully saturated rings. The zero-order chi connectivity index (χ0) is 13.8. The van der Waals surface area contributed by atoms with Crippen LogP contribution in [0, 0.1) is 0 Å². The number of methoxy groups -OCH3 is 1. The lowest BCUT2D eigenvalue weighted by atomic mass is 10.1. The topological polar surface area (TPSA) is 21.3 Å². The molecule has 1 aromatic heterocycles. The van der Waals surface area contributed by atoms with Crippen LogP contribution in [0.1, 0.15) is 36.4 Å². The molecule has 0 amide bonds. The molecule has 2 aromatic rings. The average Bonchev–Trinajstić information content (AvgIpc) is 2.85. The smallest absolute Gasteiger partial charge is 0.123 e. The molecule has 0 saturated carbocycles. The Morgan fingerprint density at radius 3 is 2.53 bits per heavy atom. The number of halogens is 1. The molecule has 0 aliphatic carbocycles. The van der Waals surface area contributed by atoms with Crippen molar-refractivity contribution in [3.63, 3.8) is 0 Å². The van der Waals surface area contributed by atoms with Crippen molar-refractivity contribution in [3.8, 4) is 5.75 Å². The first kappa shape index (κ1) is 14.6. The summed E-state index contributed by atoms with van der Waals surface area (Å²) in [5.74, 6) is 0.931. The first-order chi connectivity index (χ1) is 9.13. The van der Waals surface area contributed by atoms with Crippen molar-refractivity contribution in [2.45, 2.75) is 25.9 Å². The van der Waals surface area contributed by atoms with E-state index < -0.39 is 0 Å². The molecular formula is C15H18BrNOS. The van der Waals surface area contributed by atoms with E-state index in [0.29, 0.717) is 6.04 Å². The van der Waals surface area contributed by atoms with E-state index in [-0.39, 0.29) is 6.04 Å². The molecule has 0 bridgehead atoms. The maximum atomic E-state index is 5.42. The van der Waals surface area contributed by atoms with Gasteiger partial charge >= 0.3 is 0 Å². The second-order valence-corrected chi connectivity index (χ2v) is 6.29. The Balaban J connectivity index is 2.13. The predicted molar refractivity (Wildman–Crippen MR) is 85.0 cm³/mol. The predicted octanol–water partition coefficient (Wildman–Crippen LogP) is 4.93. The molecule has 2 rings (SSSR count). The van der Waals surface area contributed by atoms with Crippen LogP contribution in [0.15, 0.2) is 40.2 Å². The number of hydrogen-bond donors (Lipinski definition) is 1. The third-order valence-corrected chi connectivity index (χ3v) is 5.20. The van der Waals surface area contributed by atoms with E-state index in [4.69, 9.17) is 4.74 Å². The normalized spacial score (nSPS) is 14.1. The summed E-state index contributed by atoms with van der Waals surface area (Å²) >= 11 is 5.35. The number of thiophene rings is 1. The zero-order valence-electron chi connectivity index (χ0n) is 11.3. The molecule has 19 heavy (non-hydrogen) atoms. The highest BCUT2D eigenvalue weighted by Gasteiger charge is 2.16. The van der Waals surface area contributed by atoms with E-state index in [1.54, 1.807) is 18.4 Å². The molecule has 0 aliphatic heterocycles. The molecule has 2 nitrogen and oxygen atoms in total. The van der Waals surface area contributed by atoms with Crippen molar-refractivity contribution in [2.24, 2.45) is 0 Å². The van der Waals surface area contributed by atoms with E-state index in [2.05, 4.69) is 52.6 Å². The van der Waals surface area contributed by atoms with E-state index in [0.717, 1.165) is 5.75 Å². The third-order valence-electron chi connectivity index (χ3n) is 3.14. The lowest BCUT2D eigenvalue weighted by molar-refractivity contribution is 0.397. The van der Waals surface area contributed by atoms with Gasteiger partial charge in [0.1, 0.15) is 5.75 Å². The number of nitrogens with one attached hydrogen (secondary N) is 1. The number of rotatable bonds is 5. The summed E-state index contributed by atoms with van der Waals surface area (Å²) in [5, 5.41) is 5.72. The standard InChI is InChI=1S/C15H18BrNOS/c1-10(12-6-4-5-7-14(12)18-3)17-11(2)15-13(16)8-9-19-15/h4-11,17H,1-3H3. The van der Waals surface area contributed by atoms with Crippen LogP contribution in [0.25, 0.3) is 0 Å². The van der Waals surface area contributed by atoms with Crippen molar-refractivity contribution in [1.82, 2.24) is 5.32 Å². The Morgan fingerprint density at radius 2 is 1.89 bits per heavy atom. The Kier molecular flexibility index (Phi) is 5.02. The lowest BCUT2D eigenvalue weighted by Crippen LogP contribution is -2.22. The Hall–Kier alpha value is -0.840. The van der Waals surface area contributed by atoms with Crippen LogP contribution in [0.5, 0.6) is 5.75 Å². The van der Waals surface area contributed by atoms with Crippen molar-refractivity contribution < 1.29 is 4.74 Å². The first-order valence-electron chi connectivity index (χ1n) is 6.25. The van der Waals surface area contributed by atoms with Gasteiger partial charge in [-0.2, -0.15) is 0 Å². The van der Waals surface area contributed by atoms with E-state index in [9.17, 15) is 0 Å². The van der Waals surface area contributed by atoms with Crippen LogP contribution >= 0.6 is 27.3 Å². The minimum absolute atomic E-state index is 0.236. The summed E-state index contributed by atoms with van der Waals surface area (Å²) in [6.07, 6.45) is 0. The van der Waals surface area contributed by atoms with Gasteiger partial charge in [0.2, 0.25) is 0 Å². The van der Waals surface area contributed by atoms with Gasteiger partial charge in [-0.25, -0.2) is 0 Å². The summed E-state index contributed by atoms with van der Waals surface area (Å²) in [5.41, 5.74) is 1.18. The van der Waals surface area contributed by atoms with Crippen LogP contribution in [0.2, 0.25) is 0 Å². The maximum Gasteiger partial charge on any atom is 0.123 e. The van der Waals surface area contributed by atoms with Crippen molar-refractivity contribution in [3.05, 3.63) is 50.6 Å². The number of para-hydroxylation sites is 1. The summed E-state index contributed by atoms with van der Waals surface area (Å²) in [6, 6.07) is 10.8. The second-order valence-electron chi connectivity index (χ2n) is 4.48. The molecule has 0 radical (unpaired) electrons. The van der Waals surface area contributed by atoms with Gasteiger partial charge in [0.05, 0.1) is 7.11 Å². The van der Waals surface area contributed by atoms with E-state index >= 15 is 0 Å². The summed E-state index contributed by atoms with van der Waals surface area (Å²) < 4.78 is 6.59. The fourth-order valence-corrected chi connectivity index (χ4v) is 3.91. The van der Waals surface area contributed by atoms with Crippen LogP contribution in [0.4, 0.5) is 0 Å². The molecule has 1 aromatic carbocycles. The second kappa shape index (κ2) is 6.55. The lowest BCUT2D eigenvalue weighted by Gasteiger charge is -2.21.